The summed E-state index contributed by atoms with van der Waals surface area (Å²) in [5, 5.41) is 4.27. The van der Waals surface area contributed by atoms with E-state index in [1.165, 1.54) is 0 Å². The second-order valence-corrected chi connectivity index (χ2v) is 6.28. The lowest BCUT2D eigenvalue weighted by molar-refractivity contribution is -0.142. The summed E-state index contributed by atoms with van der Waals surface area (Å²) in [6, 6.07) is 3.69. The highest BCUT2D eigenvalue weighted by Gasteiger charge is 2.43. The average molecular weight is 420 g/mol. The van der Waals surface area contributed by atoms with Crippen LogP contribution in [0.5, 0.6) is 0 Å². The number of nitrogens with one attached hydrogen (secondary N) is 2. The number of hydrogen-bond acceptors (Lipinski definition) is 2. The number of halogens is 7. The minimum Gasteiger partial charge on any atom is -0.355 e. The smallest absolute Gasteiger partial charge is 0.355 e. The fraction of sp³-hybridized carbons (Fsp3) is 0.222. The summed E-state index contributed by atoms with van der Waals surface area (Å²) in [6.45, 7) is -0.299. The van der Waals surface area contributed by atoms with Crippen molar-refractivity contribution in [3.63, 3.8) is 0 Å². The van der Waals surface area contributed by atoms with Crippen molar-refractivity contribution in [2.24, 2.45) is 5.92 Å². The van der Waals surface area contributed by atoms with Crippen LogP contribution in [-0.4, -0.2) is 18.4 Å². The number of amides is 2. The minimum absolute atomic E-state index is 0.299. The van der Waals surface area contributed by atoms with Crippen molar-refractivity contribution in [1.29, 1.82) is 0 Å². The number of anilines is 1. The van der Waals surface area contributed by atoms with E-state index in [9.17, 15) is 40.3 Å². The third-order valence-corrected chi connectivity index (χ3v) is 4.45. The first-order valence-corrected chi connectivity index (χ1v) is 8.09. The standard InChI is InChI=1S/C18H11F7N2O2/c19-9-2-1-3-12(15(9)22)27-17(29)13-8(6-26-16(13)28)7-4-10(20)14(11(21)5-7)18(23,24)25/h1-5,8,13H,6H2,(H,26,28)(H,27,29)/t8-,13-/m1/s1. The fourth-order valence-electron chi connectivity index (χ4n) is 3.12. The predicted octanol–water partition coefficient (Wildman–Crippen LogP) is 3.73. The van der Waals surface area contributed by atoms with E-state index < -0.39 is 64.3 Å². The van der Waals surface area contributed by atoms with Crippen LogP contribution in [0.1, 0.15) is 17.0 Å². The summed E-state index contributed by atoms with van der Waals surface area (Å²) in [7, 11) is 0. The number of carbonyl (C=O) groups is 2. The molecule has 2 N–H and O–H groups in total. The first-order valence-electron chi connectivity index (χ1n) is 8.09. The second-order valence-electron chi connectivity index (χ2n) is 6.28. The molecule has 1 heterocycles. The van der Waals surface area contributed by atoms with E-state index >= 15 is 0 Å². The molecule has 0 saturated carbocycles. The normalized spacial score (nSPS) is 19.2. The summed E-state index contributed by atoms with van der Waals surface area (Å²) >= 11 is 0. The molecule has 0 aromatic heterocycles. The Kier molecular flexibility index (Phi) is 5.24. The maximum Gasteiger partial charge on any atom is 0.422 e. The number of alkyl halides is 3. The highest BCUT2D eigenvalue weighted by Crippen LogP contribution is 2.37. The lowest BCUT2D eigenvalue weighted by Gasteiger charge is -2.19. The van der Waals surface area contributed by atoms with Gasteiger partial charge < -0.3 is 10.6 Å². The molecule has 2 atom stereocenters. The lowest BCUT2D eigenvalue weighted by atomic mass is 9.87. The van der Waals surface area contributed by atoms with E-state index in [1.807, 2.05) is 5.32 Å². The zero-order valence-electron chi connectivity index (χ0n) is 14.2. The molecule has 29 heavy (non-hydrogen) atoms. The van der Waals surface area contributed by atoms with Gasteiger partial charge in [-0.3, -0.25) is 9.59 Å². The summed E-state index contributed by atoms with van der Waals surface area (Å²) in [5.74, 6) is -11.3. The highest BCUT2D eigenvalue weighted by molar-refractivity contribution is 6.08. The molecule has 1 aliphatic heterocycles. The molecule has 1 saturated heterocycles. The van der Waals surface area contributed by atoms with Crippen LogP contribution < -0.4 is 10.6 Å². The molecule has 2 aromatic rings. The van der Waals surface area contributed by atoms with Crippen LogP contribution in [0.2, 0.25) is 0 Å². The molecular weight excluding hydrogens is 409 g/mol. The van der Waals surface area contributed by atoms with Crippen LogP contribution in [0.4, 0.5) is 36.4 Å². The van der Waals surface area contributed by atoms with Crippen LogP contribution in [0.25, 0.3) is 0 Å². The third kappa shape index (κ3) is 3.89. The van der Waals surface area contributed by atoms with Gasteiger partial charge in [0.15, 0.2) is 11.6 Å². The van der Waals surface area contributed by atoms with Crippen molar-refractivity contribution in [2.75, 3.05) is 11.9 Å². The van der Waals surface area contributed by atoms with Gasteiger partial charge in [-0.1, -0.05) is 6.07 Å². The molecule has 3 rings (SSSR count). The van der Waals surface area contributed by atoms with Gasteiger partial charge in [0.1, 0.15) is 23.1 Å². The van der Waals surface area contributed by atoms with Gasteiger partial charge in [-0.05, 0) is 29.8 Å². The van der Waals surface area contributed by atoms with E-state index in [0.717, 1.165) is 18.2 Å². The summed E-state index contributed by atoms with van der Waals surface area (Å²) in [5.41, 5.74) is -3.04. The number of rotatable bonds is 3. The Balaban J connectivity index is 1.93. The molecular formula is C18H11F7N2O2. The van der Waals surface area contributed by atoms with Gasteiger partial charge >= 0.3 is 6.18 Å². The maximum absolute atomic E-state index is 13.9. The molecule has 4 nitrogen and oxygen atoms in total. The molecule has 0 aliphatic carbocycles. The van der Waals surface area contributed by atoms with Crippen molar-refractivity contribution in [2.45, 2.75) is 12.1 Å². The van der Waals surface area contributed by atoms with Gasteiger partial charge in [0.25, 0.3) is 0 Å². The fourth-order valence-corrected chi connectivity index (χ4v) is 3.12. The lowest BCUT2D eigenvalue weighted by Crippen LogP contribution is -2.32. The van der Waals surface area contributed by atoms with Gasteiger partial charge in [0, 0.05) is 12.5 Å². The zero-order valence-corrected chi connectivity index (χ0v) is 14.2. The maximum atomic E-state index is 13.9. The molecule has 11 heteroatoms. The van der Waals surface area contributed by atoms with Crippen LogP contribution in [0.3, 0.4) is 0 Å². The second kappa shape index (κ2) is 7.37. The van der Waals surface area contributed by atoms with E-state index in [1.54, 1.807) is 0 Å². The molecule has 0 radical (unpaired) electrons. The van der Waals surface area contributed by atoms with E-state index in [-0.39, 0.29) is 12.1 Å². The van der Waals surface area contributed by atoms with Crippen molar-refractivity contribution < 1.29 is 40.3 Å². The van der Waals surface area contributed by atoms with Gasteiger partial charge in [0.2, 0.25) is 11.8 Å². The summed E-state index contributed by atoms with van der Waals surface area (Å²) in [4.78, 5) is 24.5. The number of carbonyl (C=O) groups excluding carboxylic acids is 2. The average Bonchev–Trinajstić information content (AvgIpc) is 2.98. The largest absolute Gasteiger partial charge is 0.422 e. The quantitative estimate of drug-likeness (QED) is 0.588. The summed E-state index contributed by atoms with van der Waals surface area (Å²) in [6.07, 6.45) is -5.28. The Labute approximate surface area is 158 Å². The van der Waals surface area contributed by atoms with Crippen molar-refractivity contribution in [3.05, 3.63) is 64.7 Å². The van der Waals surface area contributed by atoms with Crippen molar-refractivity contribution in [1.82, 2.24) is 5.32 Å². The third-order valence-electron chi connectivity index (χ3n) is 4.45. The molecule has 154 valence electrons. The monoisotopic (exact) mass is 420 g/mol. The van der Waals surface area contributed by atoms with Crippen molar-refractivity contribution in [3.8, 4) is 0 Å². The highest BCUT2D eigenvalue weighted by atomic mass is 19.4. The molecule has 2 amide bonds. The molecule has 1 aliphatic rings. The topological polar surface area (TPSA) is 58.2 Å². The summed E-state index contributed by atoms with van der Waals surface area (Å²) < 4.78 is 92.9. The molecule has 0 spiro atoms. The SMILES string of the molecule is O=C1NC[C@H](c2cc(F)c(C(F)(F)F)c(F)c2)[C@H]1C(=O)Nc1cccc(F)c1F. The molecule has 0 bridgehead atoms. The van der Waals surface area contributed by atoms with E-state index in [2.05, 4.69) is 5.32 Å². The number of hydrogen-bond donors (Lipinski definition) is 2. The minimum atomic E-state index is -5.28. The Morgan fingerprint density at radius 1 is 1.03 bits per heavy atom. The zero-order chi connectivity index (χ0) is 21.5. The Hall–Kier alpha value is -3.11. The van der Waals surface area contributed by atoms with Crippen LogP contribution in [0.15, 0.2) is 30.3 Å². The van der Waals surface area contributed by atoms with Gasteiger partial charge in [0.05, 0.1) is 5.69 Å². The number of benzene rings is 2. The Bertz CT molecular complexity index is 968. The molecule has 2 aromatic carbocycles. The van der Waals surface area contributed by atoms with Crippen LogP contribution in [-0.2, 0) is 15.8 Å². The van der Waals surface area contributed by atoms with E-state index in [4.69, 9.17) is 0 Å². The first-order chi connectivity index (χ1) is 13.5. The molecule has 1 fully saturated rings. The molecule has 0 unspecified atom stereocenters. The van der Waals surface area contributed by atoms with Crippen molar-refractivity contribution >= 4 is 17.5 Å². The Morgan fingerprint density at radius 3 is 2.24 bits per heavy atom. The predicted molar refractivity (Wildman–Crippen MR) is 85.6 cm³/mol. The van der Waals surface area contributed by atoms with Crippen LogP contribution in [0, 0.1) is 29.2 Å². The van der Waals surface area contributed by atoms with Crippen LogP contribution >= 0.6 is 0 Å². The van der Waals surface area contributed by atoms with Gasteiger partial charge in [-0.25, -0.2) is 17.6 Å². The van der Waals surface area contributed by atoms with Gasteiger partial charge in [-0.15, -0.1) is 0 Å². The van der Waals surface area contributed by atoms with Gasteiger partial charge in [-0.2, -0.15) is 13.2 Å². The Morgan fingerprint density at radius 2 is 1.66 bits per heavy atom. The van der Waals surface area contributed by atoms with E-state index in [0.29, 0.717) is 12.1 Å². The first kappa shape index (κ1) is 20.6.